The van der Waals surface area contributed by atoms with Crippen LogP contribution in [0.2, 0.25) is 0 Å². The summed E-state index contributed by atoms with van der Waals surface area (Å²) in [4.78, 5) is 26.5. The second kappa shape index (κ2) is 8.45. The molecule has 1 aliphatic heterocycles. The Kier molecular flexibility index (Phi) is 5.99. The highest BCUT2D eigenvalue weighted by molar-refractivity contribution is 7.89. The van der Waals surface area contributed by atoms with Crippen molar-refractivity contribution in [3.8, 4) is 6.07 Å². The van der Waals surface area contributed by atoms with E-state index in [1.807, 2.05) is 43.3 Å². The van der Waals surface area contributed by atoms with Crippen LogP contribution in [-0.2, 0) is 25.4 Å². The molecular weight excluding hydrogens is 390 g/mol. The van der Waals surface area contributed by atoms with Crippen molar-refractivity contribution in [1.29, 1.82) is 5.26 Å². The zero-order valence-corrected chi connectivity index (χ0v) is 16.7. The minimum atomic E-state index is -3.99. The lowest BCUT2D eigenvalue weighted by molar-refractivity contribution is -0.130. The first kappa shape index (κ1) is 20.6. The molecule has 8 heteroatoms. The van der Waals surface area contributed by atoms with E-state index >= 15 is 0 Å². The van der Waals surface area contributed by atoms with Gasteiger partial charge in [0, 0.05) is 13.0 Å². The maximum absolute atomic E-state index is 12.5. The van der Waals surface area contributed by atoms with Crippen LogP contribution < -0.4 is 4.72 Å². The van der Waals surface area contributed by atoms with E-state index in [2.05, 4.69) is 4.72 Å². The second-order valence-corrected chi connectivity index (χ2v) is 8.75. The molecule has 2 atom stereocenters. The fraction of sp³-hybridized carbons (Fsp3) is 0.286. The van der Waals surface area contributed by atoms with Crippen molar-refractivity contribution < 1.29 is 18.0 Å². The molecule has 1 aliphatic rings. The molecule has 2 aromatic carbocycles. The molecule has 2 amide bonds. The van der Waals surface area contributed by atoms with Gasteiger partial charge in [-0.2, -0.15) is 5.26 Å². The Hall–Kier alpha value is -3.18. The van der Waals surface area contributed by atoms with Crippen LogP contribution in [0.25, 0.3) is 0 Å². The molecule has 0 aromatic heterocycles. The Labute approximate surface area is 170 Å². The highest BCUT2D eigenvalue weighted by atomic mass is 32.2. The molecule has 0 aliphatic carbocycles. The number of nitrogens with zero attached hydrogens (tertiary/aromatic N) is 2. The highest BCUT2D eigenvalue weighted by Gasteiger charge is 2.38. The summed E-state index contributed by atoms with van der Waals surface area (Å²) >= 11 is 0. The van der Waals surface area contributed by atoms with Crippen LogP contribution >= 0.6 is 0 Å². The molecule has 0 saturated carbocycles. The fourth-order valence-electron chi connectivity index (χ4n) is 3.43. The minimum absolute atomic E-state index is 0.0344. The van der Waals surface area contributed by atoms with Crippen molar-refractivity contribution in [3.63, 3.8) is 0 Å². The molecule has 2 aromatic rings. The van der Waals surface area contributed by atoms with Gasteiger partial charge in [-0.1, -0.05) is 48.5 Å². The Morgan fingerprint density at radius 2 is 1.86 bits per heavy atom. The summed E-state index contributed by atoms with van der Waals surface area (Å²) in [6.45, 7) is 2.04. The monoisotopic (exact) mass is 411 g/mol. The van der Waals surface area contributed by atoms with Gasteiger partial charge in [-0.05, 0) is 24.1 Å². The number of carbonyl (C=O) groups excluding carboxylic acids is 2. The average molecular weight is 411 g/mol. The zero-order valence-electron chi connectivity index (χ0n) is 15.9. The van der Waals surface area contributed by atoms with Gasteiger partial charge in [0.2, 0.25) is 21.8 Å². The van der Waals surface area contributed by atoms with E-state index in [4.69, 9.17) is 5.26 Å². The first-order valence-corrected chi connectivity index (χ1v) is 10.8. The van der Waals surface area contributed by atoms with E-state index in [0.717, 1.165) is 5.56 Å². The lowest BCUT2D eigenvalue weighted by Crippen LogP contribution is -2.38. The Bertz CT molecular complexity index is 1060. The van der Waals surface area contributed by atoms with Gasteiger partial charge in [-0.25, -0.2) is 8.42 Å². The molecule has 1 fully saturated rings. The quantitative estimate of drug-likeness (QED) is 0.783. The molecule has 0 bridgehead atoms. The van der Waals surface area contributed by atoms with E-state index in [1.54, 1.807) is 17.0 Å². The average Bonchev–Trinajstić information content (AvgIpc) is 3.09. The van der Waals surface area contributed by atoms with Gasteiger partial charge in [0.15, 0.2) is 0 Å². The molecule has 3 rings (SSSR count). The van der Waals surface area contributed by atoms with Crippen LogP contribution in [0.15, 0.2) is 54.6 Å². The Morgan fingerprint density at radius 1 is 1.21 bits per heavy atom. The number of benzene rings is 2. The summed E-state index contributed by atoms with van der Waals surface area (Å²) in [5.74, 6) is -2.10. The molecule has 1 N–H and O–H groups in total. The van der Waals surface area contributed by atoms with E-state index in [9.17, 15) is 18.0 Å². The smallest absolute Gasteiger partial charge is 0.239 e. The third-order valence-electron chi connectivity index (χ3n) is 5.02. The number of hydrogen-bond donors (Lipinski definition) is 1. The topological polar surface area (TPSA) is 107 Å². The number of hydrogen-bond acceptors (Lipinski definition) is 5. The molecule has 150 valence electrons. The number of amides is 2. The number of nitrogens with one attached hydrogen (secondary N) is 1. The molecular formula is C21H21N3O4S. The van der Waals surface area contributed by atoms with Gasteiger partial charge in [0.05, 0.1) is 29.3 Å². The normalized spacial score (nSPS) is 17.6. The van der Waals surface area contributed by atoms with Crippen molar-refractivity contribution in [1.82, 2.24) is 9.62 Å². The van der Waals surface area contributed by atoms with E-state index in [-0.39, 0.29) is 30.5 Å². The van der Waals surface area contributed by atoms with Crippen LogP contribution in [0.5, 0.6) is 0 Å². The highest BCUT2D eigenvalue weighted by Crippen LogP contribution is 2.28. The molecule has 0 radical (unpaired) electrons. The number of carbonyl (C=O) groups is 2. The number of sulfonamides is 1. The number of likely N-dealkylation sites (tertiary alicyclic amines) is 1. The van der Waals surface area contributed by atoms with Crippen LogP contribution in [0, 0.1) is 17.2 Å². The maximum Gasteiger partial charge on any atom is 0.239 e. The molecule has 7 nitrogen and oxygen atoms in total. The van der Waals surface area contributed by atoms with Gasteiger partial charge in [-0.15, -0.1) is 0 Å². The van der Waals surface area contributed by atoms with Crippen LogP contribution in [0.1, 0.15) is 36.1 Å². The summed E-state index contributed by atoms with van der Waals surface area (Å²) in [6.07, 6.45) is -0.0344. The van der Waals surface area contributed by atoms with Crippen molar-refractivity contribution in [2.24, 2.45) is 5.92 Å². The SMILES string of the molecule is CC(c1ccccc1)N1CC(C(=O)NS(=O)(=O)Cc2ccccc2C#N)CC1=O. The minimum Gasteiger partial charge on any atom is -0.335 e. The molecule has 0 spiro atoms. The number of nitriles is 1. The summed E-state index contributed by atoms with van der Waals surface area (Å²) in [5, 5.41) is 9.10. The first-order chi connectivity index (χ1) is 13.8. The lowest BCUT2D eigenvalue weighted by Gasteiger charge is -2.25. The first-order valence-electron chi connectivity index (χ1n) is 9.17. The molecule has 1 saturated heterocycles. The van der Waals surface area contributed by atoms with Gasteiger partial charge < -0.3 is 4.90 Å². The Morgan fingerprint density at radius 3 is 2.55 bits per heavy atom. The van der Waals surface area contributed by atoms with Crippen molar-refractivity contribution >= 4 is 21.8 Å². The van der Waals surface area contributed by atoms with Gasteiger partial charge >= 0.3 is 0 Å². The predicted octanol–water partition coefficient (Wildman–Crippen LogP) is 2.11. The largest absolute Gasteiger partial charge is 0.335 e. The molecule has 2 unspecified atom stereocenters. The molecule has 1 heterocycles. The fourth-order valence-corrected chi connectivity index (χ4v) is 4.63. The summed E-state index contributed by atoms with van der Waals surface area (Å²) in [5.41, 5.74) is 1.50. The van der Waals surface area contributed by atoms with E-state index < -0.39 is 27.6 Å². The van der Waals surface area contributed by atoms with Gasteiger partial charge in [0.1, 0.15) is 0 Å². The lowest BCUT2D eigenvalue weighted by atomic mass is 10.1. The second-order valence-electron chi connectivity index (χ2n) is 7.03. The van der Waals surface area contributed by atoms with E-state index in [0.29, 0.717) is 5.56 Å². The van der Waals surface area contributed by atoms with Crippen molar-refractivity contribution in [3.05, 3.63) is 71.3 Å². The molecule has 29 heavy (non-hydrogen) atoms. The van der Waals surface area contributed by atoms with Crippen LogP contribution in [0.3, 0.4) is 0 Å². The Balaban J connectivity index is 1.66. The zero-order chi connectivity index (χ0) is 21.0. The van der Waals surface area contributed by atoms with Gasteiger partial charge in [-0.3, -0.25) is 14.3 Å². The summed E-state index contributed by atoms with van der Waals surface area (Å²) in [7, 11) is -3.99. The summed E-state index contributed by atoms with van der Waals surface area (Å²) in [6, 6.07) is 17.5. The van der Waals surface area contributed by atoms with E-state index in [1.165, 1.54) is 12.1 Å². The van der Waals surface area contributed by atoms with Crippen LogP contribution in [-0.4, -0.2) is 31.7 Å². The summed E-state index contributed by atoms with van der Waals surface area (Å²) < 4.78 is 26.9. The van der Waals surface area contributed by atoms with Crippen LogP contribution in [0.4, 0.5) is 0 Å². The third kappa shape index (κ3) is 4.81. The number of rotatable bonds is 6. The van der Waals surface area contributed by atoms with Gasteiger partial charge in [0.25, 0.3) is 0 Å². The predicted molar refractivity (Wildman–Crippen MR) is 107 cm³/mol. The maximum atomic E-state index is 12.5. The van der Waals surface area contributed by atoms with Crippen molar-refractivity contribution in [2.75, 3.05) is 6.54 Å². The third-order valence-corrected chi connectivity index (χ3v) is 6.22. The standard InChI is InChI=1S/C21H21N3O4S/c1-15(16-7-3-2-4-8-16)24-13-19(11-20(24)25)21(26)23-29(27,28)14-18-10-6-5-9-17(18)12-22/h2-10,15,19H,11,13-14H2,1H3,(H,23,26). The van der Waals surface area contributed by atoms with Crippen molar-refractivity contribution in [2.45, 2.75) is 25.1 Å².